The standard InChI is InChI=1S/C13H16N4S/c1-9-7-10(13(14)18)3-4-11(9)16-8-12-15-5-6-17(12)2/h3-7,16H,8H2,1-2H3,(H2,14,18). The Kier molecular flexibility index (Phi) is 3.62. The van der Waals surface area contributed by atoms with Crippen molar-refractivity contribution < 1.29 is 0 Å². The van der Waals surface area contributed by atoms with Crippen LogP contribution in [0, 0.1) is 6.92 Å². The van der Waals surface area contributed by atoms with Gasteiger partial charge in [0.2, 0.25) is 0 Å². The number of hydrogen-bond acceptors (Lipinski definition) is 3. The molecule has 0 radical (unpaired) electrons. The SMILES string of the molecule is Cc1cc(C(N)=S)ccc1NCc1nccn1C. The van der Waals surface area contributed by atoms with Crippen LogP contribution >= 0.6 is 12.2 Å². The molecule has 0 unspecified atom stereocenters. The zero-order valence-electron chi connectivity index (χ0n) is 10.5. The molecule has 0 aliphatic rings. The topological polar surface area (TPSA) is 55.9 Å². The molecule has 94 valence electrons. The van der Waals surface area contributed by atoms with Crippen LogP contribution in [0.25, 0.3) is 0 Å². The van der Waals surface area contributed by atoms with E-state index in [2.05, 4.69) is 10.3 Å². The Morgan fingerprint density at radius 3 is 2.83 bits per heavy atom. The summed E-state index contributed by atoms with van der Waals surface area (Å²) in [6, 6.07) is 5.91. The molecule has 0 fully saturated rings. The van der Waals surface area contributed by atoms with Crippen molar-refractivity contribution in [2.75, 3.05) is 5.32 Å². The van der Waals surface area contributed by atoms with Gasteiger partial charge in [-0.2, -0.15) is 0 Å². The summed E-state index contributed by atoms with van der Waals surface area (Å²) in [6.07, 6.45) is 3.72. The van der Waals surface area contributed by atoms with Gasteiger partial charge in [0.15, 0.2) is 0 Å². The third-order valence-electron chi connectivity index (χ3n) is 2.87. The van der Waals surface area contributed by atoms with Crippen molar-refractivity contribution in [1.82, 2.24) is 9.55 Å². The van der Waals surface area contributed by atoms with Gasteiger partial charge in [-0.3, -0.25) is 0 Å². The molecule has 0 aliphatic heterocycles. The van der Waals surface area contributed by atoms with Gasteiger partial charge in [0.1, 0.15) is 10.8 Å². The van der Waals surface area contributed by atoms with E-state index in [0.717, 1.165) is 22.6 Å². The van der Waals surface area contributed by atoms with E-state index in [1.54, 1.807) is 6.20 Å². The molecule has 0 amide bonds. The number of imidazole rings is 1. The lowest BCUT2D eigenvalue weighted by Crippen LogP contribution is -2.11. The van der Waals surface area contributed by atoms with Crippen molar-refractivity contribution in [2.45, 2.75) is 13.5 Å². The van der Waals surface area contributed by atoms with Crippen LogP contribution in [-0.2, 0) is 13.6 Å². The largest absolute Gasteiger partial charge is 0.389 e. The first-order chi connectivity index (χ1) is 8.58. The van der Waals surface area contributed by atoms with Gasteiger partial charge >= 0.3 is 0 Å². The molecule has 0 spiro atoms. The molecule has 4 nitrogen and oxygen atoms in total. The zero-order valence-corrected chi connectivity index (χ0v) is 11.3. The normalized spacial score (nSPS) is 10.3. The molecule has 2 aromatic rings. The molecular formula is C13H16N4S. The van der Waals surface area contributed by atoms with Crippen LogP contribution in [0.4, 0.5) is 5.69 Å². The van der Waals surface area contributed by atoms with E-state index < -0.39 is 0 Å². The Morgan fingerprint density at radius 2 is 2.28 bits per heavy atom. The highest BCUT2D eigenvalue weighted by molar-refractivity contribution is 7.80. The quantitative estimate of drug-likeness (QED) is 0.825. The summed E-state index contributed by atoms with van der Waals surface area (Å²) in [7, 11) is 1.98. The number of hydrogen-bond donors (Lipinski definition) is 2. The first kappa shape index (κ1) is 12.6. The second kappa shape index (κ2) is 5.18. The Bertz CT molecular complexity index is 574. The minimum absolute atomic E-state index is 0.425. The molecule has 0 bridgehead atoms. The first-order valence-electron chi connectivity index (χ1n) is 5.68. The number of nitrogens with zero attached hydrogens (tertiary/aromatic N) is 2. The lowest BCUT2D eigenvalue weighted by molar-refractivity contribution is 0.812. The number of anilines is 1. The Balaban J connectivity index is 2.11. The van der Waals surface area contributed by atoms with Crippen LogP contribution in [0.5, 0.6) is 0 Å². The van der Waals surface area contributed by atoms with Crippen molar-refractivity contribution in [3.63, 3.8) is 0 Å². The summed E-state index contributed by atoms with van der Waals surface area (Å²) < 4.78 is 1.99. The average Bonchev–Trinajstić information content (AvgIpc) is 2.73. The van der Waals surface area contributed by atoms with Gasteiger partial charge < -0.3 is 15.6 Å². The number of benzene rings is 1. The summed E-state index contributed by atoms with van der Waals surface area (Å²) in [5, 5.41) is 3.35. The van der Waals surface area contributed by atoms with E-state index >= 15 is 0 Å². The molecule has 0 saturated heterocycles. The summed E-state index contributed by atoms with van der Waals surface area (Å²) in [4.78, 5) is 4.69. The number of rotatable bonds is 4. The van der Waals surface area contributed by atoms with Crippen molar-refractivity contribution in [3.8, 4) is 0 Å². The van der Waals surface area contributed by atoms with Gasteiger partial charge in [0.25, 0.3) is 0 Å². The molecule has 1 aromatic carbocycles. The first-order valence-corrected chi connectivity index (χ1v) is 6.09. The molecule has 0 saturated carbocycles. The van der Waals surface area contributed by atoms with E-state index in [1.165, 1.54) is 0 Å². The second-order valence-electron chi connectivity index (χ2n) is 4.20. The number of thiocarbonyl (C=S) groups is 1. The van der Waals surface area contributed by atoms with Gasteiger partial charge in [-0.25, -0.2) is 4.98 Å². The summed E-state index contributed by atoms with van der Waals surface area (Å²) in [5.74, 6) is 0.993. The van der Waals surface area contributed by atoms with Gasteiger partial charge in [-0.05, 0) is 30.7 Å². The van der Waals surface area contributed by atoms with E-state index in [1.807, 2.05) is 42.9 Å². The van der Waals surface area contributed by atoms with Crippen LogP contribution in [-0.4, -0.2) is 14.5 Å². The number of nitrogens with one attached hydrogen (secondary N) is 1. The maximum Gasteiger partial charge on any atom is 0.127 e. The summed E-state index contributed by atoms with van der Waals surface area (Å²) in [6.45, 7) is 2.72. The van der Waals surface area contributed by atoms with Gasteiger partial charge in [0, 0.05) is 30.7 Å². The van der Waals surface area contributed by atoms with Crippen LogP contribution < -0.4 is 11.1 Å². The molecule has 0 atom stereocenters. The van der Waals surface area contributed by atoms with Crippen LogP contribution in [0.15, 0.2) is 30.6 Å². The van der Waals surface area contributed by atoms with Gasteiger partial charge in [-0.15, -0.1) is 0 Å². The third-order valence-corrected chi connectivity index (χ3v) is 3.10. The fourth-order valence-corrected chi connectivity index (χ4v) is 1.88. The molecule has 2 rings (SSSR count). The minimum Gasteiger partial charge on any atom is -0.389 e. The van der Waals surface area contributed by atoms with Gasteiger partial charge in [0.05, 0.1) is 6.54 Å². The van der Waals surface area contributed by atoms with Crippen molar-refractivity contribution in [3.05, 3.63) is 47.5 Å². The fraction of sp³-hybridized carbons (Fsp3) is 0.231. The zero-order chi connectivity index (χ0) is 13.1. The highest BCUT2D eigenvalue weighted by Gasteiger charge is 2.03. The van der Waals surface area contributed by atoms with E-state index in [-0.39, 0.29) is 0 Å². The molecule has 1 heterocycles. The summed E-state index contributed by atoms with van der Waals surface area (Å²) in [5.41, 5.74) is 8.68. The Labute approximate surface area is 112 Å². The molecule has 1 aromatic heterocycles. The molecule has 0 aliphatic carbocycles. The second-order valence-corrected chi connectivity index (χ2v) is 4.64. The van der Waals surface area contributed by atoms with E-state index in [9.17, 15) is 0 Å². The smallest absolute Gasteiger partial charge is 0.127 e. The van der Waals surface area contributed by atoms with E-state index in [4.69, 9.17) is 18.0 Å². The molecular weight excluding hydrogens is 244 g/mol. The van der Waals surface area contributed by atoms with Crippen LogP contribution in [0.1, 0.15) is 17.0 Å². The summed E-state index contributed by atoms with van der Waals surface area (Å²) >= 11 is 4.96. The lowest BCUT2D eigenvalue weighted by Gasteiger charge is -2.10. The van der Waals surface area contributed by atoms with Crippen LogP contribution in [0.2, 0.25) is 0 Å². The highest BCUT2D eigenvalue weighted by Crippen LogP contribution is 2.17. The third kappa shape index (κ3) is 2.68. The maximum atomic E-state index is 5.60. The Hall–Kier alpha value is -1.88. The number of nitrogens with two attached hydrogens (primary N) is 1. The number of aromatic nitrogens is 2. The predicted molar refractivity (Wildman–Crippen MR) is 77.6 cm³/mol. The van der Waals surface area contributed by atoms with Crippen molar-refractivity contribution >= 4 is 22.9 Å². The van der Waals surface area contributed by atoms with Crippen LogP contribution in [0.3, 0.4) is 0 Å². The monoisotopic (exact) mass is 260 g/mol. The fourth-order valence-electron chi connectivity index (χ4n) is 1.76. The lowest BCUT2D eigenvalue weighted by atomic mass is 10.1. The minimum atomic E-state index is 0.425. The molecule has 18 heavy (non-hydrogen) atoms. The molecule has 3 N–H and O–H groups in total. The van der Waals surface area contributed by atoms with Gasteiger partial charge in [-0.1, -0.05) is 12.2 Å². The van der Waals surface area contributed by atoms with Crippen molar-refractivity contribution in [1.29, 1.82) is 0 Å². The number of aryl methyl sites for hydroxylation is 2. The molecule has 5 heteroatoms. The maximum absolute atomic E-state index is 5.60. The average molecular weight is 260 g/mol. The van der Waals surface area contributed by atoms with Crippen molar-refractivity contribution in [2.24, 2.45) is 12.8 Å². The predicted octanol–water partition coefficient (Wildman–Crippen LogP) is 1.97. The van der Waals surface area contributed by atoms with E-state index in [0.29, 0.717) is 11.5 Å². The Morgan fingerprint density at radius 1 is 1.50 bits per heavy atom. The highest BCUT2D eigenvalue weighted by atomic mass is 32.1.